The van der Waals surface area contributed by atoms with Crippen molar-refractivity contribution < 1.29 is 17.9 Å². The lowest BCUT2D eigenvalue weighted by molar-refractivity contribution is -0.118. The highest BCUT2D eigenvalue weighted by atomic mass is 32.2. The number of anilines is 1. The van der Waals surface area contributed by atoms with Crippen LogP contribution in [0.1, 0.15) is 23.2 Å². The Morgan fingerprint density at radius 1 is 1.06 bits per heavy atom. The fraction of sp³-hybridized carbons (Fsp3) is 0.240. The number of rotatable bonds is 8. The van der Waals surface area contributed by atoms with Crippen molar-refractivity contribution in [3.05, 3.63) is 77.6 Å². The summed E-state index contributed by atoms with van der Waals surface area (Å²) in [5.74, 6) is -0.0611. The quantitative estimate of drug-likeness (QED) is 0.352. The fourth-order valence-corrected chi connectivity index (χ4v) is 5.77. The maximum atomic E-state index is 13.3. The first-order valence-electron chi connectivity index (χ1n) is 10.7. The number of methoxy groups -OCH3 is 1. The third kappa shape index (κ3) is 5.10. The third-order valence-electron chi connectivity index (χ3n) is 5.65. The number of hydrogen-bond acceptors (Lipinski definition) is 7. The molecule has 2 heterocycles. The molecule has 9 heteroatoms. The second kappa shape index (κ2) is 9.90. The van der Waals surface area contributed by atoms with E-state index < -0.39 is 9.84 Å². The average Bonchev–Trinajstić information content (AvgIpc) is 3.29. The van der Waals surface area contributed by atoms with Crippen LogP contribution in [0.4, 0.5) is 5.13 Å². The van der Waals surface area contributed by atoms with E-state index in [2.05, 4.69) is 4.98 Å². The van der Waals surface area contributed by atoms with Crippen LogP contribution >= 0.6 is 11.3 Å². The van der Waals surface area contributed by atoms with Gasteiger partial charge in [-0.3, -0.25) is 14.7 Å². The standard InChI is InChI=1S/C25H25N3O4S2/c1-17-7-12-22-24(18(17)2)27-25(33-22)28(16-19-6-4-5-14-26-19)23(29)13-15-34(30,31)21-10-8-20(32-3)9-11-21/h4-12,14H,13,15-16H2,1-3H3. The molecule has 0 N–H and O–H groups in total. The van der Waals surface area contributed by atoms with Crippen LogP contribution in [0, 0.1) is 13.8 Å². The van der Waals surface area contributed by atoms with E-state index in [1.807, 2.05) is 38.1 Å². The lowest BCUT2D eigenvalue weighted by Crippen LogP contribution is -2.32. The molecule has 0 saturated heterocycles. The van der Waals surface area contributed by atoms with Gasteiger partial charge in [-0.05, 0) is 67.4 Å². The van der Waals surface area contributed by atoms with Crippen molar-refractivity contribution in [3.63, 3.8) is 0 Å². The van der Waals surface area contributed by atoms with Crippen molar-refractivity contribution in [2.24, 2.45) is 0 Å². The summed E-state index contributed by atoms with van der Waals surface area (Å²) in [7, 11) is -2.12. The van der Waals surface area contributed by atoms with Gasteiger partial charge in [-0.25, -0.2) is 13.4 Å². The molecule has 1 amide bonds. The van der Waals surface area contributed by atoms with Gasteiger partial charge >= 0.3 is 0 Å². The number of carbonyl (C=O) groups is 1. The summed E-state index contributed by atoms with van der Waals surface area (Å²) in [6.45, 7) is 4.24. The van der Waals surface area contributed by atoms with Gasteiger partial charge in [-0.1, -0.05) is 23.5 Å². The number of carbonyl (C=O) groups excluding carboxylic acids is 1. The van der Waals surface area contributed by atoms with E-state index in [4.69, 9.17) is 9.72 Å². The lowest BCUT2D eigenvalue weighted by atomic mass is 10.1. The molecule has 34 heavy (non-hydrogen) atoms. The average molecular weight is 496 g/mol. The number of fused-ring (bicyclic) bond motifs is 1. The minimum absolute atomic E-state index is 0.156. The molecular weight excluding hydrogens is 470 g/mol. The first-order valence-corrected chi connectivity index (χ1v) is 13.2. The molecule has 2 aromatic carbocycles. The number of aryl methyl sites for hydroxylation is 2. The molecule has 0 aliphatic heterocycles. The highest BCUT2D eigenvalue weighted by Crippen LogP contribution is 2.33. The highest BCUT2D eigenvalue weighted by molar-refractivity contribution is 7.91. The molecule has 0 atom stereocenters. The maximum absolute atomic E-state index is 13.3. The molecule has 0 unspecified atom stereocenters. The second-order valence-electron chi connectivity index (χ2n) is 7.90. The van der Waals surface area contributed by atoms with Crippen LogP contribution in [-0.2, 0) is 21.2 Å². The van der Waals surface area contributed by atoms with E-state index in [9.17, 15) is 13.2 Å². The van der Waals surface area contributed by atoms with Crippen molar-refractivity contribution in [2.45, 2.75) is 31.7 Å². The Hall–Kier alpha value is -3.30. The minimum atomic E-state index is -3.64. The second-order valence-corrected chi connectivity index (χ2v) is 11.0. The van der Waals surface area contributed by atoms with E-state index in [1.54, 1.807) is 24.4 Å². The molecule has 0 aliphatic carbocycles. The Bertz CT molecular complexity index is 1420. The van der Waals surface area contributed by atoms with Crippen LogP contribution in [0.5, 0.6) is 5.75 Å². The van der Waals surface area contributed by atoms with Crippen molar-refractivity contribution in [2.75, 3.05) is 17.8 Å². The first-order chi connectivity index (χ1) is 16.3. The lowest BCUT2D eigenvalue weighted by Gasteiger charge is -2.19. The van der Waals surface area contributed by atoms with Gasteiger partial charge < -0.3 is 4.74 Å². The molecule has 0 radical (unpaired) electrons. The Balaban J connectivity index is 1.61. The van der Waals surface area contributed by atoms with Crippen LogP contribution in [0.3, 0.4) is 0 Å². The van der Waals surface area contributed by atoms with Gasteiger partial charge in [0.15, 0.2) is 15.0 Å². The SMILES string of the molecule is COc1ccc(S(=O)(=O)CCC(=O)N(Cc2ccccn2)c2nc3c(C)c(C)ccc3s2)cc1. The number of ether oxygens (including phenoxy) is 1. The number of benzene rings is 2. The zero-order chi connectivity index (χ0) is 24.3. The molecule has 0 saturated carbocycles. The summed E-state index contributed by atoms with van der Waals surface area (Å²) in [5.41, 5.74) is 3.73. The van der Waals surface area contributed by atoms with Gasteiger partial charge in [0, 0.05) is 12.6 Å². The van der Waals surface area contributed by atoms with Crippen molar-refractivity contribution in [3.8, 4) is 5.75 Å². The summed E-state index contributed by atoms with van der Waals surface area (Å²) < 4.78 is 31.7. The first kappa shape index (κ1) is 23.8. The van der Waals surface area contributed by atoms with Crippen LogP contribution in [-0.4, -0.2) is 37.2 Å². The summed E-state index contributed by atoms with van der Waals surface area (Å²) in [6.07, 6.45) is 1.49. The molecule has 0 aliphatic rings. The largest absolute Gasteiger partial charge is 0.497 e. The molecule has 7 nitrogen and oxygen atoms in total. The Morgan fingerprint density at radius 3 is 2.50 bits per heavy atom. The van der Waals surface area contributed by atoms with E-state index in [0.29, 0.717) is 16.6 Å². The van der Waals surface area contributed by atoms with Crippen LogP contribution in [0.15, 0.2) is 65.7 Å². The van der Waals surface area contributed by atoms with Gasteiger partial charge in [0.25, 0.3) is 0 Å². The van der Waals surface area contributed by atoms with Crippen molar-refractivity contribution >= 4 is 42.4 Å². The third-order valence-corrected chi connectivity index (χ3v) is 8.43. The predicted molar refractivity (Wildman–Crippen MR) is 134 cm³/mol. The van der Waals surface area contributed by atoms with E-state index in [0.717, 1.165) is 21.3 Å². The van der Waals surface area contributed by atoms with Gasteiger partial charge in [0.1, 0.15) is 5.75 Å². The number of amides is 1. The van der Waals surface area contributed by atoms with Gasteiger partial charge in [-0.15, -0.1) is 0 Å². The van der Waals surface area contributed by atoms with E-state index in [1.165, 1.54) is 35.5 Å². The molecule has 4 aromatic rings. The summed E-state index contributed by atoms with van der Waals surface area (Å²) in [4.78, 5) is 24.1. The summed E-state index contributed by atoms with van der Waals surface area (Å²) >= 11 is 1.41. The van der Waals surface area contributed by atoms with E-state index in [-0.39, 0.29) is 29.5 Å². The van der Waals surface area contributed by atoms with Gasteiger partial charge in [-0.2, -0.15) is 0 Å². The van der Waals surface area contributed by atoms with Crippen LogP contribution in [0.25, 0.3) is 10.2 Å². The number of hydrogen-bond donors (Lipinski definition) is 0. The molecule has 0 fully saturated rings. The monoisotopic (exact) mass is 495 g/mol. The van der Waals surface area contributed by atoms with Crippen molar-refractivity contribution in [1.29, 1.82) is 0 Å². The smallest absolute Gasteiger partial charge is 0.230 e. The van der Waals surface area contributed by atoms with E-state index >= 15 is 0 Å². The van der Waals surface area contributed by atoms with Gasteiger partial charge in [0.2, 0.25) is 5.91 Å². The van der Waals surface area contributed by atoms with Crippen LogP contribution < -0.4 is 9.64 Å². The molecule has 2 aromatic heterocycles. The topological polar surface area (TPSA) is 89.5 Å². The fourth-order valence-electron chi connectivity index (χ4n) is 3.50. The number of sulfone groups is 1. The number of nitrogens with zero attached hydrogens (tertiary/aromatic N) is 3. The Labute approximate surface area is 203 Å². The zero-order valence-corrected chi connectivity index (χ0v) is 20.8. The minimum Gasteiger partial charge on any atom is -0.497 e. The molecule has 0 bridgehead atoms. The number of thiazole rings is 1. The van der Waals surface area contributed by atoms with Gasteiger partial charge in [0.05, 0.1) is 40.2 Å². The molecule has 0 spiro atoms. The van der Waals surface area contributed by atoms with Crippen LogP contribution in [0.2, 0.25) is 0 Å². The molecule has 176 valence electrons. The summed E-state index contributed by atoms with van der Waals surface area (Å²) in [6, 6.07) is 15.7. The molecule has 4 rings (SSSR count). The maximum Gasteiger partial charge on any atom is 0.230 e. The normalized spacial score (nSPS) is 11.5. The van der Waals surface area contributed by atoms with Crippen molar-refractivity contribution in [1.82, 2.24) is 9.97 Å². The number of aromatic nitrogens is 2. The summed E-state index contributed by atoms with van der Waals surface area (Å²) in [5, 5.41) is 0.529. The Morgan fingerprint density at radius 2 is 1.82 bits per heavy atom. The zero-order valence-electron chi connectivity index (χ0n) is 19.2. The highest BCUT2D eigenvalue weighted by Gasteiger charge is 2.24. The number of pyridine rings is 1. The Kier molecular flexibility index (Phi) is 6.95. The molecular formula is C25H25N3O4S2. The predicted octanol–water partition coefficient (Wildman–Crippen LogP) is 4.71.